The third-order valence-corrected chi connectivity index (χ3v) is 5.07. The van der Waals surface area contributed by atoms with Crippen molar-refractivity contribution in [1.82, 2.24) is 5.32 Å². The summed E-state index contributed by atoms with van der Waals surface area (Å²) in [4.78, 5) is 14.8. The zero-order valence-corrected chi connectivity index (χ0v) is 15.9. The normalized spacial score (nSPS) is 17.0. The molecule has 2 aromatic carbocycles. The lowest BCUT2D eigenvalue weighted by molar-refractivity contribution is 0.0951. The van der Waals surface area contributed by atoms with Crippen LogP contribution in [0.15, 0.2) is 42.5 Å². The maximum atomic E-state index is 12.4. The van der Waals surface area contributed by atoms with Crippen molar-refractivity contribution in [2.24, 2.45) is 5.92 Å². The molecule has 138 valence electrons. The summed E-state index contributed by atoms with van der Waals surface area (Å²) >= 11 is 0. The van der Waals surface area contributed by atoms with Crippen molar-refractivity contribution in [3.05, 3.63) is 59.2 Å². The van der Waals surface area contributed by atoms with Crippen LogP contribution < -0.4 is 15.0 Å². The van der Waals surface area contributed by atoms with Gasteiger partial charge in [-0.15, -0.1) is 0 Å². The molecular weight excluding hydrogens is 324 g/mol. The molecule has 0 unspecified atom stereocenters. The summed E-state index contributed by atoms with van der Waals surface area (Å²) in [5.41, 5.74) is 4.00. The van der Waals surface area contributed by atoms with Crippen molar-refractivity contribution in [2.45, 2.75) is 33.2 Å². The highest BCUT2D eigenvalue weighted by atomic mass is 16.5. The Labute approximate surface area is 156 Å². The Morgan fingerprint density at radius 3 is 2.65 bits per heavy atom. The Hall–Kier alpha value is -2.49. The number of piperidine rings is 1. The largest absolute Gasteiger partial charge is 0.496 e. The zero-order chi connectivity index (χ0) is 18.5. The van der Waals surface area contributed by atoms with E-state index in [0.29, 0.717) is 12.1 Å². The lowest BCUT2D eigenvalue weighted by atomic mass is 9.99. The SMILES string of the molecule is COc1ccc(C(=O)NCc2ccc(N3CCC[C@@H](C)C3)cc2)cc1C. The summed E-state index contributed by atoms with van der Waals surface area (Å²) in [6.45, 7) is 7.05. The van der Waals surface area contributed by atoms with Crippen molar-refractivity contribution in [2.75, 3.05) is 25.1 Å². The van der Waals surface area contributed by atoms with Gasteiger partial charge < -0.3 is 15.0 Å². The number of carbonyl (C=O) groups is 1. The van der Waals surface area contributed by atoms with Gasteiger partial charge in [0.2, 0.25) is 0 Å². The monoisotopic (exact) mass is 352 g/mol. The molecule has 0 bridgehead atoms. The molecule has 0 aliphatic carbocycles. The molecule has 4 heteroatoms. The van der Waals surface area contributed by atoms with E-state index in [9.17, 15) is 4.79 Å². The number of hydrogen-bond acceptors (Lipinski definition) is 3. The average molecular weight is 352 g/mol. The number of nitrogens with one attached hydrogen (secondary N) is 1. The van der Waals surface area contributed by atoms with Gasteiger partial charge in [0, 0.05) is 30.9 Å². The Bertz CT molecular complexity index is 755. The van der Waals surface area contributed by atoms with Gasteiger partial charge in [-0.1, -0.05) is 19.1 Å². The first-order valence-electron chi connectivity index (χ1n) is 9.33. The van der Waals surface area contributed by atoms with Gasteiger partial charge in [-0.25, -0.2) is 0 Å². The molecule has 1 fully saturated rings. The summed E-state index contributed by atoms with van der Waals surface area (Å²) in [7, 11) is 1.64. The van der Waals surface area contributed by atoms with Crippen LogP contribution in [-0.2, 0) is 6.54 Å². The molecule has 0 radical (unpaired) electrons. The molecule has 3 rings (SSSR count). The third kappa shape index (κ3) is 4.37. The van der Waals surface area contributed by atoms with Crippen LogP contribution in [0.5, 0.6) is 5.75 Å². The number of benzene rings is 2. The molecule has 1 heterocycles. The van der Waals surface area contributed by atoms with Gasteiger partial charge in [-0.05, 0) is 67.1 Å². The van der Waals surface area contributed by atoms with Gasteiger partial charge in [0.05, 0.1) is 7.11 Å². The molecule has 1 saturated heterocycles. The van der Waals surface area contributed by atoms with Gasteiger partial charge in [0.1, 0.15) is 5.75 Å². The molecular formula is C22H28N2O2. The molecule has 1 N–H and O–H groups in total. The summed E-state index contributed by atoms with van der Waals surface area (Å²) < 4.78 is 5.24. The van der Waals surface area contributed by atoms with Gasteiger partial charge in [-0.2, -0.15) is 0 Å². The number of methoxy groups -OCH3 is 1. The van der Waals surface area contributed by atoms with E-state index in [1.807, 2.05) is 19.1 Å². The minimum atomic E-state index is -0.0651. The fraction of sp³-hybridized carbons (Fsp3) is 0.409. The van der Waals surface area contributed by atoms with E-state index in [-0.39, 0.29) is 5.91 Å². The summed E-state index contributed by atoms with van der Waals surface area (Å²) in [5, 5.41) is 2.99. The molecule has 2 aromatic rings. The second-order valence-electron chi connectivity index (χ2n) is 7.23. The van der Waals surface area contributed by atoms with Crippen LogP contribution in [0.2, 0.25) is 0 Å². The van der Waals surface area contributed by atoms with E-state index >= 15 is 0 Å². The number of amides is 1. The van der Waals surface area contributed by atoms with Crippen LogP contribution >= 0.6 is 0 Å². The third-order valence-electron chi connectivity index (χ3n) is 5.07. The minimum Gasteiger partial charge on any atom is -0.496 e. The van der Waals surface area contributed by atoms with E-state index in [1.165, 1.54) is 18.5 Å². The van der Waals surface area contributed by atoms with Crippen LogP contribution in [0, 0.1) is 12.8 Å². The number of nitrogens with zero attached hydrogens (tertiary/aromatic N) is 1. The molecule has 4 nitrogen and oxygen atoms in total. The Morgan fingerprint density at radius 1 is 1.23 bits per heavy atom. The smallest absolute Gasteiger partial charge is 0.251 e. The minimum absolute atomic E-state index is 0.0651. The van der Waals surface area contributed by atoms with Crippen molar-refractivity contribution >= 4 is 11.6 Å². The van der Waals surface area contributed by atoms with E-state index in [2.05, 4.69) is 41.4 Å². The molecule has 0 aromatic heterocycles. The Kier molecular flexibility index (Phi) is 5.82. The van der Waals surface area contributed by atoms with Crippen molar-refractivity contribution in [3.63, 3.8) is 0 Å². The molecule has 1 aliphatic heterocycles. The highest BCUT2D eigenvalue weighted by Crippen LogP contribution is 2.23. The van der Waals surface area contributed by atoms with Crippen molar-refractivity contribution in [1.29, 1.82) is 0 Å². The zero-order valence-electron chi connectivity index (χ0n) is 15.9. The maximum Gasteiger partial charge on any atom is 0.251 e. The Balaban J connectivity index is 1.57. The lowest BCUT2D eigenvalue weighted by Gasteiger charge is -2.32. The highest BCUT2D eigenvalue weighted by Gasteiger charge is 2.16. The number of carbonyl (C=O) groups excluding carboxylic acids is 1. The van der Waals surface area contributed by atoms with Crippen molar-refractivity contribution in [3.8, 4) is 5.75 Å². The average Bonchev–Trinajstić information content (AvgIpc) is 2.66. The molecule has 1 amide bonds. The van der Waals surface area contributed by atoms with Crippen LogP contribution in [-0.4, -0.2) is 26.1 Å². The summed E-state index contributed by atoms with van der Waals surface area (Å²) in [6, 6.07) is 14.0. The van der Waals surface area contributed by atoms with Crippen LogP contribution in [0.25, 0.3) is 0 Å². The molecule has 1 atom stereocenters. The van der Waals surface area contributed by atoms with E-state index in [1.54, 1.807) is 13.2 Å². The van der Waals surface area contributed by atoms with Crippen LogP contribution in [0.3, 0.4) is 0 Å². The summed E-state index contributed by atoms with van der Waals surface area (Å²) in [5.74, 6) is 1.49. The number of aryl methyl sites for hydroxylation is 1. The quantitative estimate of drug-likeness (QED) is 0.878. The Morgan fingerprint density at radius 2 is 2.00 bits per heavy atom. The second-order valence-corrected chi connectivity index (χ2v) is 7.23. The first-order chi connectivity index (χ1) is 12.6. The number of ether oxygens (including phenoxy) is 1. The van der Waals surface area contributed by atoms with Gasteiger partial charge >= 0.3 is 0 Å². The number of hydrogen-bond donors (Lipinski definition) is 1. The molecule has 0 spiro atoms. The molecule has 26 heavy (non-hydrogen) atoms. The van der Waals surface area contributed by atoms with E-state index in [4.69, 9.17) is 4.74 Å². The first kappa shape index (κ1) is 18.3. The lowest BCUT2D eigenvalue weighted by Crippen LogP contribution is -2.34. The van der Waals surface area contributed by atoms with Crippen LogP contribution in [0.1, 0.15) is 41.3 Å². The van der Waals surface area contributed by atoms with Gasteiger partial charge in [0.25, 0.3) is 5.91 Å². The van der Waals surface area contributed by atoms with E-state index in [0.717, 1.165) is 35.9 Å². The van der Waals surface area contributed by atoms with Crippen molar-refractivity contribution < 1.29 is 9.53 Å². The van der Waals surface area contributed by atoms with Crippen LogP contribution in [0.4, 0.5) is 5.69 Å². The number of anilines is 1. The fourth-order valence-electron chi connectivity index (χ4n) is 3.55. The predicted octanol–water partition coefficient (Wildman–Crippen LogP) is 4.17. The van der Waals surface area contributed by atoms with Gasteiger partial charge in [0.15, 0.2) is 0 Å². The molecule has 0 saturated carbocycles. The second kappa shape index (κ2) is 8.26. The number of rotatable bonds is 5. The maximum absolute atomic E-state index is 12.4. The van der Waals surface area contributed by atoms with E-state index < -0.39 is 0 Å². The first-order valence-corrected chi connectivity index (χ1v) is 9.33. The molecule has 1 aliphatic rings. The predicted molar refractivity (Wildman–Crippen MR) is 106 cm³/mol. The topological polar surface area (TPSA) is 41.6 Å². The standard InChI is InChI=1S/C22H28N2O2/c1-16-5-4-12-24(15-16)20-9-6-18(7-10-20)14-23-22(25)19-8-11-21(26-3)17(2)13-19/h6-11,13,16H,4-5,12,14-15H2,1-3H3,(H,23,25)/t16-/m1/s1. The van der Waals surface area contributed by atoms with Gasteiger partial charge in [-0.3, -0.25) is 4.79 Å². The fourth-order valence-corrected chi connectivity index (χ4v) is 3.55. The highest BCUT2D eigenvalue weighted by molar-refractivity contribution is 5.94. The summed E-state index contributed by atoms with van der Waals surface area (Å²) in [6.07, 6.45) is 2.59.